The molecule has 2 aromatic rings. The first-order valence-corrected chi connectivity index (χ1v) is 4.29. The minimum Gasteiger partial charge on any atom is -0.324 e. The Balaban J connectivity index is 2.22. The van der Waals surface area contributed by atoms with Gasteiger partial charge in [-0.25, -0.2) is 5.84 Å². The fourth-order valence-corrected chi connectivity index (χ4v) is 1.15. The number of nitrogen functional groups attached to an aromatic ring is 1. The Morgan fingerprint density at radius 3 is 2.53 bits per heavy atom. The zero-order valence-corrected chi connectivity index (χ0v) is 7.91. The number of hydrogen-bond donors (Lipinski definition) is 3. The normalized spacial score (nSPS) is 10.0. The van der Waals surface area contributed by atoms with Crippen LogP contribution in [-0.2, 0) is 0 Å². The lowest BCUT2D eigenvalue weighted by Gasteiger charge is -2.17. The minimum absolute atomic E-state index is 0.777. The highest BCUT2D eigenvalue weighted by Crippen LogP contribution is 2.14. The summed E-state index contributed by atoms with van der Waals surface area (Å²) in [5.41, 5.74) is 4.12. The van der Waals surface area contributed by atoms with Gasteiger partial charge in [0.2, 0.25) is 0 Å². The molecule has 0 atom stereocenters. The highest BCUT2D eigenvalue weighted by molar-refractivity contribution is 5.53. The molecular formula is C8H11N7. The summed E-state index contributed by atoms with van der Waals surface area (Å²) in [5.74, 6) is 11.0. The molecule has 7 nitrogen and oxygen atoms in total. The van der Waals surface area contributed by atoms with Gasteiger partial charge in [0.05, 0.1) is 18.1 Å². The van der Waals surface area contributed by atoms with E-state index in [1.165, 1.54) is 9.91 Å². The molecule has 0 radical (unpaired) electrons. The van der Waals surface area contributed by atoms with Gasteiger partial charge in [0.15, 0.2) is 0 Å². The lowest BCUT2D eigenvalue weighted by atomic mass is 10.3. The number of nitrogens with two attached hydrogens (primary N) is 2. The summed E-state index contributed by atoms with van der Waals surface area (Å²) >= 11 is 0. The van der Waals surface area contributed by atoms with Crippen LogP contribution < -0.4 is 22.2 Å². The summed E-state index contributed by atoms with van der Waals surface area (Å²) < 4.78 is 0. The fraction of sp³-hybridized carbons (Fsp3) is 0. The molecule has 0 aliphatic heterocycles. The molecule has 1 heterocycles. The van der Waals surface area contributed by atoms with E-state index < -0.39 is 0 Å². The van der Waals surface area contributed by atoms with Crippen molar-refractivity contribution in [3.63, 3.8) is 0 Å². The van der Waals surface area contributed by atoms with Crippen molar-refractivity contribution in [3.8, 4) is 0 Å². The van der Waals surface area contributed by atoms with Crippen molar-refractivity contribution in [2.45, 2.75) is 0 Å². The highest BCUT2D eigenvalue weighted by atomic mass is 15.8. The van der Waals surface area contributed by atoms with Crippen molar-refractivity contribution in [2.24, 2.45) is 11.7 Å². The van der Waals surface area contributed by atoms with Crippen LogP contribution in [0.5, 0.6) is 0 Å². The van der Waals surface area contributed by atoms with E-state index in [-0.39, 0.29) is 0 Å². The number of hydrogen-bond acceptors (Lipinski definition) is 6. The number of hydrazine groups is 2. The molecule has 78 valence electrons. The van der Waals surface area contributed by atoms with Crippen molar-refractivity contribution in [2.75, 3.05) is 10.5 Å². The van der Waals surface area contributed by atoms with Gasteiger partial charge in [-0.05, 0) is 29.5 Å². The summed E-state index contributed by atoms with van der Waals surface area (Å²) in [6.07, 6.45) is 3.20. The number of nitrogens with zero attached hydrogens (tertiary/aromatic N) is 4. The van der Waals surface area contributed by atoms with Crippen molar-refractivity contribution in [1.29, 1.82) is 0 Å². The molecule has 0 bridgehead atoms. The molecule has 15 heavy (non-hydrogen) atoms. The Morgan fingerprint density at radius 1 is 1.27 bits per heavy atom. The van der Waals surface area contributed by atoms with Crippen LogP contribution >= 0.6 is 0 Å². The maximum Gasteiger partial charge on any atom is 0.0778 e. The quantitative estimate of drug-likeness (QED) is 0.470. The van der Waals surface area contributed by atoms with E-state index >= 15 is 0 Å². The Hall–Kier alpha value is -2.12. The van der Waals surface area contributed by atoms with Gasteiger partial charge in [-0.1, -0.05) is 0 Å². The third-order valence-electron chi connectivity index (χ3n) is 1.93. The third-order valence-corrected chi connectivity index (χ3v) is 1.93. The number of benzene rings is 1. The molecule has 0 spiro atoms. The van der Waals surface area contributed by atoms with E-state index in [9.17, 15) is 0 Å². The summed E-state index contributed by atoms with van der Waals surface area (Å²) in [5, 5.41) is 8.79. The zero-order chi connectivity index (χ0) is 10.7. The van der Waals surface area contributed by atoms with Gasteiger partial charge in [0.25, 0.3) is 0 Å². The van der Waals surface area contributed by atoms with Crippen LogP contribution in [0.4, 0.5) is 11.4 Å². The maximum atomic E-state index is 5.79. The molecular weight excluding hydrogens is 194 g/mol. The second kappa shape index (κ2) is 3.95. The van der Waals surface area contributed by atoms with Crippen LogP contribution in [0.15, 0.2) is 36.7 Å². The topological polar surface area (TPSA) is 98.0 Å². The van der Waals surface area contributed by atoms with E-state index in [4.69, 9.17) is 11.7 Å². The smallest absolute Gasteiger partial charge is 0.0778 e. The molecule has 0 aliphatic rings. The second-order valence-electron chi connectivity index (χ2n) is 2.86. The van der Waals surface area contributed by atoms with Gasteiger partial charge in [-0.15, -0.1) is 9.89 Å². The average Bonchev–Trinajstić information content (AvgIpc) is 2.82. The Kier molecular flexibility index (Phi) is 2.48. The van der Waals surface area contributed by atoms with Crippen molar-refractivity contribution in [1.82, 2.24) is 15.1 Å². The van der Waals surface area contributed by atoms with Gasteiger partial charge < -0.3 is 5.43 Å². The van der Waals surface area contributed by atoms with Crippen LogP contribution in [0.25, 0.3) is 0 Å². The Labute approximate surface area is 86.2 Å². The van der Waals surface area contributed by atoms with Crippen LogP contribution in [0, 0.1) is 0 Å². The largest absolute Gasteiger partial charge is 0.324 e. The minimum atomic E-state index is 0.777. The number of rotatable bonds is 3. The van der Waals surface area contributed by atoms with Crippen LogP contribution in [0.1, 0.15) is 0 Å². The molecule has 0 fully saturated rings. The average molecular weight is 205 g/mol. The predicted molar refractivity (Wildman–Crippen MR) is 56.3 cm³/mol. The zero-order valence-electron chi connectivity index (χ0n) is 7.91. The predicted octanol–water partition coefficient (Wildman–Crippen LogP) is -0.293. The maximum absolute atomic E-state index is 5.79. The van der Waals surface area contributed by atoms with Crippen LogP contribution in [0.3, 0.4) is 0 Å². The molecule has 0 saturated heterocycles. The fourth-order valence-electron chi connectivity index (χ4n) is 1.15. The third kappa shape index (κ3) is 1.87. The van der Waals surface area contributed by atoms with Gasteiger partial charge in [-0.3, -0.25) is 5.84 Å². The van der Waals surface area contributed by atoms with E-state index in [1.54, 1.807) is 12.4 Å². The van der Waals surface area contributed by atoms with Crippen molar-refractivity contribution >= 4 is 11.4 Å². The molecule has 0 aliphatic carbocycles. The lowest BCUT2D eigenvalue weighted by Crippen LogP contribution is -2.36. The summed E-state index contributed by atoms with van der Waals surface area (Å²) in [6.45, 7) is 0. The van der Waals surface area contributed by atoms with E-state index in [1.807, 2.05) is 24.3 Å². The lowest BCUT2D eigenvalue weighted by molar-refractivity contribution is 0.606. The first kappa shape index (κ1) is 9.44. The molecule has 1 aromatic heterocycles. The molecule has 0 amide bonds. The second-order valence-corrected chi connectivity index (χ2v) is 2.86. The number of anilines is 2. The molecule has 1 aromatic carbocycles. The monoisotopic (exact) mass is 205 g/mol. The van der Waals surface area contributed by atoms with Crippen molar-refractivity contribution < 1.29 is 0 Å². The number of aromatic nitrogens is 3. The van der Waals surface area contributed by atoms with Gasteiger partial charge in [-0.2, -0.15) is 5.12 Å². The summed E-state index contributed by atoms with van der Waals surface area (Å²) in [7, 11) is 0. The first-order chi connectivity index (χ1) is 7.31. The number of nitrogens with one attached hydrogen (secondary N) is 1. The molecule has 0 unspecified atom stereocenters. The van der Waals surface area contributed by atoms with Crippen LogP contribution in [0.2, 0.25) is 0 Å². The standard InChI is InChI=1S/C8H11N7/c9-12-7-1-3-8(4-2-7)15(10)14-6-5-11-13-14/h1-6,12H,9-10H2. The Morgan fingerprint density at radius 2 is 2.00 bits per heavy atom. The molecule has 0 saturated carbocycles. The Bertz CT molecular complexity index is 407. The molecule has 5 N–H and O–H groups in total. The van der Waals surface area contributed by atoms with Gasteiger partial charge in [0.1, 0.15) is 0 Å². The van der Waals surface area contributed by atoms with E-state index in [2.05, 4.69) is 15.7 Å². The summed E-state index contributed by atoms with van der Waals surface area (Å²) in [4.78, 5) is 1.42. The van der Waals surface area contributed by atoms with Gasteiger partial charge >= 0.3 is 0 Å². The van der Waals surface area contributed by atoms with E-state index in [0.717, 1.165) is 11.4 Å². The molecule has 2 rings (SSSR count). The SMILES string of the molecule is NNc1ccc(N(N)n2ccnn2)cc1. The summed E-state index contributed by atoms with van der Waals surface area (Å²) in [6, 6.07) is 7.26. The van der Waals surface area contributed by atoms with Gasteiger partial charge in [0, 0.05) is 5.69 Å². The van der Waals surface area contributed by atoms with Crippen LogP contribution in [-0.4, -0.2) is 15.1 Å². The first-order valence-electron chi connectivity index (χ1n) is 4.29. The molecule has 7 heteroatoms. The van der Waals surface area contributed by atoms with E-state index in [0.29, 0.717) is 0 Å². The van der Waals surface area contributed by atoms with Crippen molar-refractivity contribution in [3.05, 3.63) is 36.7 Å². The highest BCUT2D eigenvalue weighted by Gasteiger charge is 2.03.